The number of nitrogens with zero attached hydrogens (tertiary/aromatic N) is 3. The predicted octanol–water partition coefficient (Wildman–Crippen LogP) is 15.2. The number of fused-ring (bicyclic) bond motifs is 4. The lowest BCUT2D eigenvalue weighted by Crippen LogP contribution is -2.31. The average Bonchev–Trinajstić information content (AvgIpc) is 1.84. The molecule has 0 spiro atoms. The monoisotopic (exact) mass is 1800 g/mol. The van der Waals surface area contributed by atoms with Gasteiger partial charge in [-0.3, -0.25) is 82.3 Å². The maximum absolute atomic E-state index is 12.0. The molecule has 4 aromatic carbocycles. The Balaban J connectivity index is -0.00000130. The molecule has 0 radical (unpaired) electrons. The number of aliphatic hydroxyl groups excluding tert-OH is 1. The molecule has 0 fully saturated rings. The summed E-state index contributed by atoms with van der Waals surface area (Å²) >= 11 is 6.70. The number of nitrogens with one attached hydrogen (secondary N) is 2. The minimum atomic E-state index is -1.08. The molecular weight excluding hydrogens is 1680 g/mol. The Morgan fingerprint density at radius 2 is 0.744 bits per heavy atom. The number of unbranched alkanes of at least 4 members (excludes halogenated alkanes) is 12. The Hall–Kier alpha value is -11.2. The number of hydrogen-bond acceptors (Lipinski definition) is 21. The molecule has 5 N–H and O–H groups in total. The van der Waals surface area contributed by atoms with Crippen molar-refractivity contribution in [3.05, 3.63) is 178 Å². The molecule has 4 aliphatic heterocycles. The normalized spacial score (nSPS) is 11.7. The number of esters is 3. The zero-order valence-electron chi connectivity index (χ0n) is 71.9. The van der Waals surface area contributed by atoms with Gasteiger partial charge in [0.15, 0.2) is 0 Å². The number of terminal acetylenes is 2. The van der Waals surface area contributed by atoms with E-state index in [1.807, 2.05) is 69.4 Å². The zero-order valence-corrected chi connectivity index (χ0v) is 74.9. The first-order valence-corrected chi connectivity index (χ1v) is 42.2. The highest BCUT2D eigenvalue weighted by Crippen LogP contribution is 2.26. The van der Waals surface area contributed by atoms with Gasteiger partial charge >= 0.3 is 23.2 Å². The molecule has 658 valence electrons. The number of carbonyl (C=O) groups excluding carboxylic acids is 16. The van der Waals surface area contributed by atoms with E-state index in [0.29, 0.717) is 77.1 Å². The lowest BCUT2D eigenvalue weighted by atomic mass is 10.1. The SMILES string of the molecule is C#CCCCCN1C(=O)c2ccccc2C1=O.C#CCCCCO.C/C=C\CCCCN.C/C=C\CCCCN1C(=O)c2ccccc2C1=O.C/C=C\CCCCNC(=O)C(=O)CC.CC.CCOC(=O)C(=O)CC.CCOC(=O)C(=O)CC.CCOC(=O)C(=O)Cl.O=C1NC(=O)c2ccccc21.O=C1c2ccccc2C(=O)N1CCCCC#CI. The first kappa shape index (κ1) is 114. The van der Waals surface area contributed by atoms with Crippen LogP contribution in [-0.4, -0.2) is 173 Å². The second kappa shape index (κ2) is 73.9. The van der Waals surface area contributed by atoms with Crippen molar-refractivity contribution < 1.29 is 96.0 Å². The number of halogens is 2. The van der Waals surface area contributed by atoms with Crippen molar-refractivity contribution in [2.24, 2.45) is 5.73 Å². The smallest absolute Gasteiger partial charge is 0.391 e. The van der Waals surface area contributed by atoms with Gasteiger partial charge in [-0.15, -0.1) is 24.7 Å². The van der Waals surface area contributed by atoms with Gasteiger partial charge in [0, 0.05) is 93.9 Å². The number of benzene rings is 4. The van der Waals surface area contributed by atoms with Gasteiger partial charge in [-0.25, -0.2) is 14.4 Å². The van der Waals surface area contributed by atoms with Crippen LogP contribution in [-0.2, 0) is 52.6 Å². The Labute approximate surface area is 733 Å². The van der Waals surface area contributed by atoms with E-state index in [2.05, 4.69) is 70.8 Å². The maximum atomic E-state index is 12.0. The molecule has 4 aliphatic rings. The highest BCUT2D eigenvalue weighted by atomic mass is 127. The minimum absolute atomic E-state index is 0.151. The minimum Gasteiger partial charge on any atom is -0.460 e. The number of carbonyl (C=O) groups is 16. The molecule has 0 bridgehead atoms. The molecule has 0 saturated carbocycles. The van der Waals surface area contributed by atoms with E-state index in [-0.39, 0.29) is 98.7 Å². The predicted molar refractivity (Wildman–Crippen MR) is 478 cm³/mol. The Kier molecular flexibility index (Phi) is 69.7. The standard InChI is InChI=1S/C15H17NO2.C14H12INO2.C14H13NO2.C11H19NO2.C8H5NO2.C7H15N.2C6H10O3.C6H10O.C4H5ClO3.C2H6/c1-2-3-4-5-8-11-16-14(17)12-9-6-7-10-13(12)15(16)18;15-9-5-1-2-6-10-16-13(17)11-7-3-4-8-12(11)14(16)18;1-2-3-4-7-10-15-13(16)11-8-5-6-9-12(11)14(15)17;1-3-5-6-7-8-9-12-11(14)10(13)4-2;10-7-5-3-1-2-4-6(5)8(11)9-7;1-2-3-4-5-6-7-8;2*1-3-5(7)6(8)9-4-2;1-2-3-4-5-6-7;1-2-8-4(7)3(5)6;1-2/h2-3,6-7,9-10H,4-5,8,11H2,1H3;3-4,7-8H,1-2,6,10H2;1,5-6,8-9H,3-4,7,10H2;3,5H,4,6-9H2,1-2H3,(H,12,14);1-4H,(H,9,10,11);2-3H,4-8H2,1H3;2*3-4H2,1-2H3;1,7H,3-6H2;2H2,1H3;1-2H3/b3-2-;;;5-3-;;3-2-;;;;;. The van der Waals surface area contributed by atoms with Gasteiger partial charge < -0.3 is 30.4 Å². The summed E-state index contributed by atoms with van der Waals surface area (Å²) in [6, 6.07) is 27.6. The van der Waals surface area contributed by atoms with E-state index in [0.717, 1.165) is 103 Å². The lowest BCUT2D eigenvalue weighted by molar-refractivity contribution is -0.153. The van der Waals surface area contributed by atoms with Gasteiger partial charge in [0.1, 0.15) is 0 Å². The molecule has 0 aliphatic carbocycles. The van der Waals surface area contributed by atoms with Crippen LogP contribution in [0.1, 0.15) is 294 Å². The fourth-order valence-corrected chi connectivity index (χ4v) is 10.3. The quantitative estimate of drug-likeness (QED) is 0.00382. The zero-order chi connectivity index (χ0) is 91.7. The van der Waals surface area contributed by atoms with E-state index in [9.17, 15) is 76.7 Å². The second-order valence-electron chi connectivity index (χ2n) is 25.0. The topological polar surface area (TPSA) is 381 Å². The van der Waals surface area contributed by atoms with Crippen molar-refractivity contribution >= 4 is 128 Å². The number of nitrogens with two attached hydrogens (primary N) is 1. The van der Waals surface area contributed by atoms with E-state index in [1.165, 1.54) is 27.5 Å². The van der Waals surface area contributed by atoms with Crippen LogP contribution in [0.5, 0.6) is 0 Å². The third kappa shape index (κ3) is 48.0. The largest absolute Gasteiger partial charge is 0.460 e. The van der Waals surface area contributed by atoms with Gasteiger partial charge in [0.25, 0.3) is 53.2 Å². The summed E-state index contributed by atoms with van der Waals surface area (Å²) in [5.41, 5.74) is 9.37. The molecule has 26 nitrogen and oxygen atoms in total. The molecule has 28 heteroatoms. The van der Waals surface area contributed by atoms with Gasteiger partial charge in [-0.05, 0) is 208 Å². The van der Waals surface area contributed by atoms with Crippen molar-refractivity contribution in [2.75, 3.05) is 59.2 Å². The van der Waals surface area contributed by atoms with Crippen molar-refractivity contribution in [2.45, 2.75) is 211 Å². The number of ketones is 3. The fraction of sp³-hybridized carbons (Fsp3) is 0.441. The van der Waals surface area contributed by atoms with Crippen molar-refractivity contribution in [1.29, 1.82) is 0 Å². The van der Waals surface area contributed by atoms with Crippen LogP contribution in [0.25, 0.3) is 0 Å². The second-order valence-corrected chi connectivity index (χ2v) is 25.9. The number of hydrogen-bond donors (Lipinski definition) is 4. The van der Waals surface area contributed by atoms with Crippen LogP contribution in [0.4, 0.5) is 0 Å². The van der Waals surface area contributed by atoms with Gasteiger partial charge in [0.05, 0.1) is 64.3 Å². The van der Waals surface area contributed by atoms with Gasteiger partial charge in [-0.1, -0.05) is 126 Å². The first-order chi connectivity index (χ1) is 58.2. The molecule has 4 heterocycles. The van der Waals surface area contributed by atoms with Crippen LogP contribution in [0, 0.1) is 34.5 Å². The third-order valence-electron chi connectivity index (χ3n) is 16.2. The molecule has 4 aromatic rings. The average molecular weight is 1810 g/mol. The summed E-state index contributed by atoms with van der Waals surface area (Å²) in [6.45, 7) is 23.8. The molecule has 8 rings (SSSR count). The third-order valence-corrected chi connectivity index (χ3v) is 16.8. The van der Waals surface area contributed by atoms with Crippen LogP contribution >= 0.6 is 34.2 Å². The summed E-state index contributed by atoms with van der Waals surface area (Å²) in [5, 5.41) is 11.9. The van der Waals surface area contributed by atoms with Crippen LogP contribution in [0.2, 0.25) is 0 Å². The molecule has 121 heavy (non-hydrogen) atoms. The number of allylic oxidation sites excluding steroid dienone is 6. The summed E-state index contributed by atoms with van der Waals surface area (Å²) in [4.78, 5) is 181. The van der Waals surface area contributed by atoms with Crippen LogP contribution in [0.3, 0.4) is 0 Å². The number of ether oxygens (including phenoxy) is 3. The van der Waals surface area contributed by atoms with Crippen molar-refractivity contribution in [3.8, 4) is 34.5 Å². The summed E-state index contributed by atoms with van der Waals surface area (Å²) in [7, 11) is 0. The lowest BCUT2D eigenvalue weighted by Gasteiger charge is -2.12. The first-order valence-electron chi connectivity index (χ1n) is 40.7. The number of rotatable bonds is 35. The van der Waals surface area contributed by atoms with E-state index in [1.54, 1.807) is 139 Å². The Bertz CT molecular complexity index is 4010. The van der Waals surface area contributed by atoms with E-state index >= 15 is 0 Å². The molecule has 0 aromatic heterocycles. The number of amides is 9. The van der Waals surface area contributed by atoms with Crippen LogP contribution < -0.4 is 16.4 Å². The van der Waals surface area contributed by atoms with E-state index < -0.39 is 40.6 Å². The number of Topliss-reactive ketones (excluding diaryl/α,β-unsaturated/α-hetero) is 3. The number of aliphatic hydroxyl groups is 1. The Morgan fingerprint density at radius 1 is 0.446 bits per heavy atom. The van der Waals surface area contributed by atoms with Crippen molar-refractivity contribution in [1.82, 2.24) is 25.3 Å². The van der Waals surface area contributed by atoms with E-state index in [4.69, 9.17) is 35.3 Å². The van der Waals surface area contributed by atoms with Crippen molar-refractivity contribution in [3.63, 3.8) is 0 Å². The van der Waals surface area contributed by atoms with Gasteiger partial charge in [0.2, 0.25) is 17.3 Å². The molecular formula is C93H122ClIN6O20. The van der Waals surface area contributed by atoms with Gasteiger partial charge in [-0.2, -0.15) is 0 Å². The Morgan fingerprint density at radius 3 is 1.02 bits per heavy atom. The fourth-order valence-electron chi connectivity index (χ4n) is 10.00. The van der Waals surface area contributed by atoms with Crippen LogP contribution in [0.15, 0.2) is 134 Å². The molecule has 0 saturated heterocycles. The summed E-state index contributed by atoms with van der Waals surface area (Å²) in [6.07, 6.45) is 40.1. The number of imide groups is 4. The molecule has 0 unspecified atom stereocenters. The molecule has 9 amide bonds. The maximum Gasteiger partial charge on any atom is 0.391 e. The highest BCUT2D eigenvalue weighted by molar-refractivity contribution is 14.1. The molecule has 0 atom stereocenters. The summed E-state index contributed by atoms with van der Waals surface area (Å²) < 4.78 is 15.8. The summed E-state index contributed by atoms with van der Waals surface area (Å²) in [5.74, 6) is 2.24. The highest BCUT2D eigenvalue weighted by Gasteiger charge is 2.37.